The standard InChI is InChI=1S/C33H40O13/c1-14(2)9-21(36)45-24-16(5)18-11-20-32-13-42-33(30(40)41-8,27(32)25(29(39)44-20)46-22(37)10-15(3)4)28(43-17(6)34)23(38)26(32)31(18,7)12-19(24)35/h9-10,18,20,23,25-28,38H,11-13H2,1-8H3/t18-,20+,23+,25+,26+,27+,28-,31-,32+,33-/m0/s1. The Kier molecular flexibility index (Phi) is 8.34. The molecule has 1 N–H and O–H groups in total. The van der Waals surface area contributed by atoms with E-state index in [1.807, 2.05) is 0 Å². The van der Waals surface area contributed by atoms with E-state index in [4.69, 9.17) is 28.4 Å². The first kappa shape index (κ1) is 33.5. The van der Waals surface area contributed by atoms with E-state index in [1.165, 1.54) is 12.2 Å². The zero-order valence-electron chi connectivity index (χ0n) is 27.2. The number of hydrogen-bond acceptors (Lipinski definition) is 13. The van der Waals surface area contributed by atoms with Gasteiger partial charge in [-0.15, -0.1) is 0 Å². The third-order valence-electron chi connectivity index (χ3n) is 10.3. The van der Waals surface area contributed by atoms with Crippen molar-refractivity contribution in [2.45, 2.75) is 91.3 Å². The molecule has 1 spiro atoms. The van der Waals surface area contributed by atoms with Gasteiger partial charge in [0, 0.05) is 36.8 Å². The smallest absolute Gasteiger partial charge is 0.348 e. The Morgan fingerprint density at radius 3 is 2.17 bits per heavy atom. The second-order valence-electron chi connectivity index (χ2n) is 13.7. The number of allylic oxidation sites excluding steroid dienone is 4. The molecule has 0 aromatic carbocycles. The van der Waals surface area contributed by atoms with E-state index in [-0.39, 0.29) is 25.2 Å². The van der Waals surface area contributed by atoms with Crippen molar-refractivity contribution in [2.24, 2.45) is 28.6 Å². The topological polar surface area (TPSA) is 178 Å². The number of rotatable bonds is 6. The van der Waals surface area contributed by atoms with E-state index in [9.17, 15) is 33.9 Å². The second-order valence-corrected chi connectivity index (χ2v) is 13.7. The van der Waals surface area contributed by atoms with Crippen molar-refractivity contribution >= 4 is 35.6 Å². The van der Waals surface area contributed by atoms with Crippen molar-refractivity contribution in [1.29, 1.82) is 0 Å². The lowest BCUT2D eigenvalue weighted by Crippen LogP contribution is -2.79. The second kappa shape index (κ2) is 11.4. The monoisotopic (exact) mass is 644 g/mol. The molecule has 0 amide bonds. The molecule has 5 rings (SSSR count). The number of carbonyl (C=O) groups excluding carboxylic acids is 6. The first-order chi connectivity index (χ1) is 21.4. The minimum atomic E-state index is -2.26. The van der Waals surface area contributed by atoms with Crippen LogP contribution in [0.2, 0.25) is 0 Å². The summed E-state index contributed by atoms with van der Waals surface area (Å²) in [5.74, 6) is -7.97. The van der Waals surface area contributed by atoms with E-state index < -0.39 is 94.2 Å². The first-order valence-electron chi connectivity index (χ1n) is 15.2. The van der Waals surface area contributed by atoms with Crippen LogP contribution in [0.25, 0.3) is 0 Å². The average molecular weight is 645 g/mol. The Morgan fingerprint density at radius 2 is 1.59 bits per heavy atom. The van der Waals surface area contributed by atoms with Crippen LogP contribution in [0.15, 0.2) is 34.6 Å². The van der Waals surface area contributed by atoms with Crippen LogP contribution in [0.3, 0.4) is 0 Å². The molecule has 250 valence electrons. The number of aliphatic hydroxyl groups is 1. The molecule has 2 saturated carbocycles. The molecule has 10 atom stereocenters. The molecule has 2 aliphatic heterocycles. The molecule has 0 unspecified atom stereocenters. The normalized spacial score (nSPS) is 38.8. The molecule has 13 heteroatoms. The molecule has 0 radical (unpaired) electrons. The summed E-state index contributed by atoms with van der Waals surface area (Å²) in [6.07, 6.45) is -3.73. The van der Waals surface area contributed by atoms with Gasteiger partial charge in [-0.1, -0.05) is 18.1 Å². The van der Waals surface area contributed by atoms with Gasteiger partial charge in [0.05, 0.1) is 25.7 Å². The lowest BCUT2D eigenvalue weighted by molar-refractivity contribution is -0.292. The van der Waals surface area contributed by atoms with Crippen LogP contribution in [0, 0.1) is 28.6 Å². The number of Topliss-reactive ketones (excluding diaryl/α,β-unsaturated/α-hetero) is 1. The summed E-state index contributed by atoms with van der Waals surface area (Å²) in [6, 6.07) is 0. The maximum atomic E-state index is 13.8. The number of methoxy groups -OCH3 is 1. The Hall–Kier alpha value is -3.84. The predicted molar refractivity (Wildman–Crippen MR) is 155 cm³/mol. The van der Waals surface area contributed by atoms with Gasteiger partial charge in [-0.25, -0.2) is 19.2 Å². The maximum absolute atomic E-state index is 13.8. The molecule has 0 aromatic heterocycles. The molecule has 5 aliphatic rings. The van der Waals surface area contributed by atoms with Crippen LogP contribution < -0.4 is 0 Å². The summed E-state index contributed by atoms with van der Waals surface area (Å²) in [5, 5.41) is 12.3. The highest BCUT2D eigenvalue weighted by molar-refractivity contribution is 5.99. The van der Waals surface area contributed by atoms with Gasteiger partial charge in [0.2, 0.25) is 11.7 Å². The van der Waals surface area contributed by atoms with Crippen molar-refractivity contribution < 1.29 is 62.3 Å². The van der Waals surface area contributed by atoms with Crippen molar-refractivity contribution in [1.82, 2.24) is 0 Å². The Labute approximate surface area is 266 Å². The molecule has 0 aromatic rings. The van der Waals surface area contributed by atoms with Gasteiger partial charge in [-0.05, 0) is 57.9 Å². The van der Waals surface area contributed by atoms with Crippen LogP contribution in [-0.2, 0) is 57.2 Å². The fourth-order valence-electron chi connectivity index (χ4n) is 9.06. The molecule has 3 aliphatic carbocycles. The summed E-state index contributed by atoms with van der Waals surface area (Å²) >= 11 is 0. The molecule has 2 bridgehead atoms. The summed E-state index contributed by atoms with van der Waals surface area (Å²) < 4.78 is 34.3. The van der Waals surface area contributed by atoms with Gasteiger partial charge >= 0.3 is 29.8 Å². The molecule has 2 heterocycles. The SMILES string of the molecule is COC(=O)[C@@]12OC[C@]34[C@H]([C@@H](O)[C@@H]1OC(C)=O)[C@@]1(C)CC(=O)C(OC(=O)C=C(C)C)=C(C)[C@@H]1C[C@H]3OC(=O)[C@H](OC(=O)C=C(C)C)[C@@H]24. The van der Waals surface area contributed by atoms with Gasteiger partial charge in [0.25, 0.3) is 0 Å². The number of aliphatic hydroxyl groups excluding tert-OH is 1. The average Bonchev–Trinajstić information content (AvgIpc) is 3.23. The van der Waals surface area contributed by atoms with E-state index in [0.29, 0.717) is 16.7 Å². The summed E-state index contributed by atoms with van der Waals surface area (Å²) in [6.45, 7) is 11.0. The first-order valence-corrected chi connectivity index (χ1v) is 15.2. The van der Waals surface area contributed by atoms with Gasteiger partial charge in [0.15, 0.2) is 17.6 Å². The molecule has 2 saturated heterocycles. The molecule has 13 nitrogen and oxygen atoms in total. The lowest BCUT2D eigenvalue weighted by Gasteiger charge is -2.67. The predicted octanol–water partition coefficient (Wildman–Crippen LogP) is 2.04. The molecular formula is C33H40O13. The van der Waals surface area contributed by atoms with Crippen molar-refractivity contribution in [2.75, 3.05) is 13.7 Å². The van der Waals surface area contributed by atoms with Gasteiger partial charge in [-0.3, -0.25) is 9.59 Å². The maximum Gasteiger partial charge on any atom is 0.348 e. The van der Waals surface area contributed by atoms with Gasteiger partial charge < -0.3 is 33.5 Å². The summed E-state index contributed by atoms with van der Waals surface area (Å²) in [5.41, 5.74) is -3.09. The van der Waals surface area contributed by atoms with E-state index in [2.05, 4.69) is 0 Å². The summed E-state index contributed by atoms with van der Waals surface area (Å²) in [4.78, 5) is 79.4. The van der Waals surface area contributed by atoms with Crippen LogP contribution in [-0.4, -0.2) is 84.5 Å². The van der Waals surface area contributed by atoms with Crippen LogP contribution >= 0.6 is 0 Å². The van der Waals surface area contributed by atoms with Crippen molar-refractivity contribution in [3.05, 3.63) is 34.6 Å². The highest BCUT2D eigenvalue weighted by atomic mass is 16.6. The number of ketones is 1. The number of carbonyl (C=O) groups is 6. The van der Waals surface area contributed by atoms with E-state index in [1.54, 1.807) is 41.5 Å². The zero-order valence-corrected chi connectivity index (χ0v) is 27.2. The molecule has 4 fully saturated rings. The summed E-state index contributed by atoms with van der Waals surface area (Å²) in [7, 11) is 1.09. The minimum Gasteiger partial charge on any atom is -0.467 e. The quantitative estimate of drug-likeness (QED) is 0.253. The lowest BCUT2D eigenvalue weighted by atomic mass is 9.38. The Balaban J connectivity index is 1.73. The van der Waals surface area contributed by atoms with Gasteiger partial charge in [-0.2, -0.15) is 0 Å². The fraction of sp³-hybridized carbons (Fsp3) is 0.636. The highest BCUT2D eigenvalue weighted by Gasteiger charge is 2.86. The molecular weight excluding hydrogens is 604 g/mol. The number of ether oxygens (including phenoxy) is 6. The highest BCUT2D eigenvalue weighted by Crippen LogP contribution is 2.73. The van der Waals surface area contributed by atoms with Crippen molar-refractivity contribution in [3.8, 4) is 0 Å². The largest absolute Gasteiger partial charge is 0.467 e. The fourth-order valence-corrected chi connectivity index (χ4v) is 9.06. The Morgan fingerprint density at radius 1 is 0.957 bits per heavy atom. The van der Waals surface area contributed by atoms with E-state index in [0.717, 1.165) is 14.0 Å². The third-order valence-corrected chi connectivity index (χ3v) is 10.3. The van der Waals surface area contributed by atoms with Gasteiger partial charge in [0.1, 0.15) is 6.10 Å². The van der Waals surface area contributed by atoms with Crippen LogP contribution in [0.1, 0.15) is 61.3 Å². The Bertz CT molecular complexity index is 1500. The van der Waals surface area contributed by atoms with Crippen LogP contribution in [0.4, 0.5) is 0 Å². The number of hydrogen-bond donors (Lipinski definition) is 1. The minimum absolute atomic E-state index is 0.109. The number of esters is 5. The third kappa shape index (κ3) is 4.73. The molecule has 46 heavy (non-hydrogen) atoms. The van der Waals surface area contributed by atoms with E-state index >= 15 is 0 Å². The van der Waals surface area contributed by atoms with Crippen molar-refractivity contribution in [3.63, 3.8) is 0 Å². The number of fused-ring (bicyclic) bond motifs is 2. The van der Waals surface area contributed by atoms with Crippen LogP contribution in [0.5, 0.6) is 0 Å². The zero-order chi connectivity index (χ0) is 34.1.